The van der Waals surface area contributed by atoms with Gasteiger partial charge in [-0.15, -0.1) is 0 Å². The number of carbonyl (C=O) groups excluding carboxylic acids is 1. The number of benzene rings is 1. The number of anilines is 1. The van der Waals surface area contributed by atoms with E-state index < -0.39 is 0 Å². The lowest BCUT2D eigenvalue weighted by Gasteiger charge is -2.07. The summed E-state index contributed by atoms with van der Waals surface area (Å²) in [4.78, 5) is 14.8. The molecule has 0 saturated carbocycles. The first-order chi connectivity index (χ1) is 8.29. The summed E-state index contributed by atoms with van der Waals surface area (Å²) in [6.45, 7) is 0.663. The van der Waals surface area contributed by atoms with Crippen molar-refractivity contribution < 1.29 is 4.79 Å². The van der Waals surface area contributed by atoms with Crippen molar-refractivity contribution in [2.45, 2.75) is 6.54 Å². The van der Waals surface area contributed by atoms with Gasteiger partial charge in [-0.05, 0) is 23.8 Å². The molecular formula is C13H11BrN2O. The maximum absolute atomic E-state index is 10.6. The lowest BCUT2D eigenvalue weighted by Crippen LogP contribution is -2.02. The summed E-state index contributed by atoms with van der Waals surface area (Å²) in [7, 11) is 0. The number of carbonyl (C=O) groups is 1. The summed E-state index contributed by atoms with van der Waals surface area (Å²) in [5, 5.41) is 3.18. The van der Waals surface area contributed by atoms with E-state index in [1.54, 1.807) is 18.3 Å². The molecule has 1 aromatic carbocycles. The fourth-order valence-electron chi connectivity index (χ4n) is 1.44. The highest BCUT2D eigenvalue weighted by molar-refractivity contribution is 9.10. The van der Waals surface area contributed by atoms with Crippen LogP contribution < -0.4 is 5.32 Å². The van der Waals surface area contributed by atoms with E-state index in [1.165, 1.54) is 0 Å². The zero-order valence-electron chi connectivity index (χ0n) is 9.06. The van der Waals surface area contributed by atoms with Crippen LogP contribution in [-0.4, -0.2) is 11.3 Å². The molecule has 0 amide bonds. The summed E-state index contributed by atoms with van der Waals surface area (Å²) in [6, 6.07) is 11.4. The van der Waals surface area contributed by atoms with Crippen molar-refractivity contribution in [2.24, 2.45) is 0 Å². The van der Waals surface area contributed by atoms with Crippen LogP contribution in [0.25, 0.3) is 0 Å². The third-order valence-electron chi connectivity index (χ3n) is 2.34. The molecule has 1 aromatic heterocycles. The monoisotopic (exact) mass is 290 g/mol. The number of rotatable bonds is 4. The predicted molar refractivity (Wildman–Crippen MR) is 71.1 cm³/mol. The third kappa shape index (κ3) is 3.14. The molecule has 0 aliphatic rings. The van der Waals surface area contributed by atoms with Crippen molar-refractivity contribution in [2.75, 3.05) is 5.32 Å². The van der Waals surface area contributed by atoms with Crippen molar-refractivity contribution in [3.8, 4) is 0 Å². The molecule has 0 saturated heterocycles. The van der Waals surface area contributed by atoms with Crippen LogP contribution in [0.4, 0.5) is 5.82 Å². The van der Waals surface area contributed by atoms with Gasteiger partial charge in [-0.2, -0.15) is 0 Å². The predicted octanol–water partition coefficient (Wildman–Crippen LogP) is 3.27. The van der Waals surface area contributed by atoms with Crippen molar-refractivity contribution in [1.82, 2.24) is 4.98 Å². The number of nitrogens with one attached hydrogen (secondary N) is 1. The average molecular weight is 291 g/mol. The molecule has 0 bridgehead atoms. The van der Waals surface area contributed by atoms with Gasteiger partial charge in [0, 0.05) is 22.8 Å². The Bertz CT molecular complexity index is 528. The minimum atomic E-state index is 0.620. The summed E-state index contributed by atoms with van der Waals surface area (Å²) in [5.41, 5.74) is 1.76. The van der Waals surface area contributed by atoms with E-state index in [2.05, 4.69) is 26.2 Å². The van der Waals surface area contributed by atoms with Gasteiger partial charge in [-0.3, -0.25) is 4.79 Å². The fraction of sp³-hybridized carbons (Fsp3) is 0.0769. The lowest BCUT2D eigenvalue weighted by atomic mass is 10.2. The largest absolute Gasteiger partial charge is 0.366 e. The Morgan fingerprint density at radius 2 is 2.12 bits per heavy atom. The van der Waals surface area contributed by atoms with Gasteiger partial charge in [0.1, 0.15) is 12.1 Å². The van der Waals surface area contributed by atoms with Crippen LogP contribution >= 0.6 is 15.9 Å². The summed E-state index contributed by atoms with van der Waals surface area (Å²) in [5.74, 6) is 0.699. The van der Waals surface area contributed by atoms with Gasteiger partial charge in [0.05, 0.1) is 0 Å². The maximum atomic E-state index is 10.6. The van der Waals surface area contributed by atoms with Gasteiger partial charge in [0.15, 0.2) is 0 Å². The number of aromatic nitrogens is 1. The molecule has 0 atom stereocenters. The standard InChI is InChI=1S/C13H11BrN2O/c14-12-4-2-1-3-11(12)8-16-13-7-10(9-17)5-6-15-13/h1-7,9H,8H2,(H,15,16). The highest BCUT2D eigenvalue weighted by Gasteiger charge is 1.99. The normalized spacial score (nSPS) is 9.94. The SMILES string of the molecule is O=Cc1ccnc(NCc2ccccc2Br)c1. The molecule has 4 heteroatoms. The Kier molecular flexibility index (Phi) is 3.88. The quantitative estimate of drug-likeness (QED) is 0.879. The fourth-order valence-corrected chi connectivity index (χ4v) is 1.87. The molecule has 0 radical (unpaired) electrons. The van der Waals surface area contributed by atoms with E-state index in [0.29, 0.717) is 17.9 Å². The summed E-state index contributed by atoms with van der Waals surface area (Å²) in [6.07, 6.45) is 2.43. The van der Waals surface area contributed by atoms with E-state index in [-0.39, 0.29) is 0 Å². The molecule has 2 aromatic rings. The molecule has 0 aliphatic carbocycles. The smallest absolute Gasteiger partial charge is 0.150 e. The highest BCUT2D eigenvalue weighted by atomic mass is 79.9. The van der Waals surface area contributed by atoms with Crippen LogP contribution in [-0.2, 0) is 6.54 Å². The van der Waals surface area contributed by atoms with Crippen molar-refractivity contribution in [1.29, 1.82) is 0 Å². The second kappa shape index (κ2) is 5.59. The minimum absolute atomic E-state index is 0.620. The molecule has 0 spiro atoms. The highest BCUT2D eigenvalue weighted by Crippen LogP contribution is 2.17. The van der Waals surface area contributed by atoms with Crippen LogP contribution in [0.3, 0.4) is 0 Å². The van der Waals surface area contributed by atoms with E-state index in [0.717, 1.165) is 16.3 Å². The number of aldehydes is 1. The van der Waals surface area contributed by atoms with E-state index >= 15 is 0 Å². The number of pyridine rings is 1. The molecule has 86 valence electrons. The molecule has 0 aliphatic heterocycles. The zero-order valence-corrected chi connectivity index (χ0v) is 10.6. The first-order valence-corrected chi connectivity index (χ1v) is 5.97. The van der Waals surface area contributed by atoms with Gasteiger partial charge in [-0.25, -0.2) is 4.98 Å². The van der Waals surface area contributed by atoms with Gasteiger partial charge < -0.3 is 5.32 Å². The lowest BCUT2D eigenvalue weighted by molar-refractivity contribution is 0.112. The van der Waals surface area contributed by atoms with Gasteiger partial charge in [0.2, 0.25) is 0 Å². The Morgan fingerprint density at radius 3 is 2.88 bits per heavy atom. The van der Waals surface area contributed by atoms with Gasteiger partial charge >= 0.3 is 0 Å². The number of nitrogens with zero attached hydrogens (tertiary/aromatic N) is 1. The average Bonchev–Trinajstić information content (AvgIpc) is 2.38. The minimum Gasteiger partial charge on any atom is -0.366 e. The molecule has 17 heavy (non-hydrogen) atoms. The van der Waals surface area contributed by atoms with Crippen molar-refractivity contribution in [3.63, 3.8) is 0 Å². The molecule has 0 fully saturated rings. The molecule has 1 heterocycles. The second-order valence-electron chi connectivity index (χ2n) is 3.54. The maximum Gasteiger partial charge on any atom is 0.150 e. The Morgan fingerprint density at radius 1 is 1.29 bits per heavy atom. The first-order valence-electron chi connectivity index (χ1n) is 5.18. The number of hydrogen-bond donors (Lipinski definition) is 1. The molecular weight excluding hydrogens is 280 g/mol. The zero-order chi connectivity index (χ0) is 12.1. The topological polar surface area (TPSA) is 42.0 Å². The van der Waals surface area contributed by atoms with Gasteiger partial charge in [0.25, 0.3) is 0 Å². The van der Waals surface area contributed by atoms with Crippen LogP contribution in [0.1, 0.15) is 15.9 Å². The Hall–Kier alpha value is -1.68. The summed E-state index contributed by atoms with van der Waals surface area (Å²) >= 11 is 3.48. The molecule has 0 unspecified atom stereocenters. The van der Waals surface area contributed by atoms with E-state index in [4.69, 9.17) is 0 Å². The number of hydrogen-bond acceptors (Lipinski definition) is 3. The van der Waals surface area contributed by atoms with Crippen molar-refractivity contribution in [3.05, 3.63) is 58.2 Å². The van der Waals surface area contributed by atoms with Crippen LogP contribution in [0.5, 0.6) is 0 Å². The number of halogens is 1. The van der Waals surface area contributed by atoms with Crippen LogP contribution in [0.15, 0.2) is 47.1 Å². The summed E-state index contributed by atoms with van der Waals surface area (Å²) < 4.78 is 1.05. The van der Waals surface area contributed by atoms with Crippen LogP contribution in [0, 0.1) is 0 Å². The van der Waals surface area contributed by atoms with Gasteiger partial charge in [-0.1, -0.05) is 34.1 Å². The second-order valence-corrected chi connectivity index (χ2v) is 4.39. The molecule has 1 N–H and O–H groups in total. The van der Waals surface area contributed by atoms with E-state index in [1.807, 2.05) is 24.3 Å². The van der Waals surface area contributed by atoms with Crippen LogP contribution in [0.2, 0.25) is 0 Å². The van der Waals surface area contributed by atoms with E-state index in [9.17, 15) is 4.79 Å². The molecule has 3 nitrogen and oxygen atoms in total. The molecule has 2 rings (SSSR count). The first kappa shape index (κ1) is 11.8. The third-order valence-corrected chi connectivity index (χ3v) is 3.11. The van der Waals surface area contributed by atoms with Crippen molar-refractivity contribution >= 4 is 28.0 Å². The Labute approximate surface area is 108 Å². The Balaban J connectivity index is 2.07.